The lowest BCUT2D eigenvalue weighted by molar-refractivity contribution is 0.381. The number of piperidine rings is 1. The third-order valence-corrected chi connectivity index (χ3v) is 4.30. The number of hydrogen-bond donors (Lipinski definition) is 1. The van der Waals surface area contributed by atoms with Crippen molar-refractivity contribution in [3.05, 3.63) is 24.0 Å². The van der Waals surface area contributed by atoms with Gasteiger partial charge in [0.1, 0.15) is 12.1 Å². The van der Waals surface area contributed by atoms with Gasteiger partial charge in [-0.05, 0) is 62.9 Å². The molecular weight excluding hydrogens is 262 g/mol. The Kier molecular flexibility index (Phi) is 4.39. The number of pyridine rings is 1. The van der Waals surface area contributed by atoms with Gasteiger partial charge in [0.15, 0.2) is 5.65 Å². The molecule has 2 aromatic heterocycles. The molecule has 0 bridgehead atoms. The SMILES string of the molecule is CCCNCC1CCN(c2cc(C)cc3ncnn23)CC1. The number of fused-ring (bicyclic) bond motifs is 1. The number of nitrogens with one attached hydrogen (secondary N) is 1. The van der Waals surface area contributed by atoms with Crippen LogP contribution in [-0.2, 0) is 0 Å². The van der Waals surface area contributed by atoms with Gasteiger partial charge in [-0.2, -0.15) is 9.61 Å². The predicted octanol–water partition coefficient (Wildman–Crippen LogP) is 2.25. The molecule has 21 heavy (non-hydrogen) atoms. The first-order valence-corrected chi connectivity index (χ1v) is 8.04. The van der Waals surface area contributed by atoms with Gasteiger partial charge in [-0.1, -0.05) is 6.92 Å². The van der Waals surface area contributed by atoms with Crippen LogP contribution in [0.15, 0.2) is 18.5 Å². The summed E-state index contributed by atoms with van der Waals surface area (Å²) in [6.45, 7) is 8.86. The highest BCUT2D eigenvalue weighted by Gasteiger charge is 2.21. The minimum Gasteiger partial charge on any atom is -0.356 e. The molecule has 1 aliphatic heterocycles. The molecule has 1 fully saturated rings. The quantitative estimate of drug-likeness (QED) is 0.857. The molecular formula is C16H25N5. The lowest BCUT2D eigenvalue weighted by atomic mass is 9.96. The Bertz CT molecular complexity index is 583. The maximum absolute atomic E-state index is 4.37. The summed E-state index contributed by atoms with van der Waals surface area (Å²) in [7, 11) is 0. The molecule has 0 spiro atoms. The molecule has 0 amide bonds. The molecule has 1 N–H and O–H groups in total. The summed E-state index contributed by atoms with van der Waals surface area (Å²) in [5.41, 5.74) is 2.19. The van der Waals surface area contributed by atoms with Crippen molar-refractivity contribution in [3.8, 4) is 0 Å². The van der Waals surface area contributed by atoms with Crippen LogP contribution in [0.25, 0.3) is 5.65 Å². The van der Waals surface area contributed by atoms with Crippen molar-refractivity contribution in [3.63, 3.8) is 0 Å². The maximum Gasteiger partial charge on any atom is 0.157 e. The Morgan fingerprint density at radius 1 is 1.29 bits per heavy atom. The minimum absolute atomic E-state index is 0.809. The zero-order valence-electron chi connectivity index (χ0n) is 13.0. The Morgan fingerprint density at radius 3 is 2.86 bits per heavy atom. The molecule has 0 radical (unpaired) electrons. The van der Waals surface area contributed by atoms with Crippen LogP contribution >= 0.6 is 0 Å². The van der Waals surface area contributed by atoms with Gasteiger partial charge in [-0.3, -0.25) is 0 Å². The van der Waals surface area contributed by atoms with E-state index in [0.29, 0.717) is 0 Å². The Hall–Kier alpha value is -1.62. The number of rotatable bonds is 5. The summed E-state index contributed by atoms with van der Waals surface area (Å²) >= 11 is 0. The molecule has 3 rings (SSSR count). The molecule has 3 heterocycles. The van der Waals surface area contributed by atoms with Crippen LogP contribution in [0.1, 0.15) is 31.7 Å². The maximum atomic E-state index is 4.37. The van der Waals surface area contributed by atoms with E-state index in [0.717, 1.165) is 37.7 Å². The fourth-order valence-electron chi connectivity index (χ4n) is 3.11. The first kappa shape index (κ1) is 14.3. The van der Waals surface area contributed by atoms with Gasteiger partial charge >= 0.3 is 0 Å². The second-order valence-electron chi connectivity index (χ2n) is 6.06. The molecule has 5 heteroatoms. The molecule has 114 valence electrons. The summed E-state index contributed by atoms with van der Waals surface area (Å²) in [6.07, 6.45) is 5.35. The monoisotopic (exact) mass is 287 g/mol. The van der Waals surface area contributed by atoms with Crippen molar-refractivity contribution in [2.75, 3.05) is 31.1 Å². The molecule has 0 saturated carbocycles. The number of anilines is 1. The van der Waals surface area contributed by atoms with Crippen molar-refractivity contribution in [2.24, 2.45) is 5.92 Å². The highest BCUT2D eigenvalue weighted by molar-refractivity contribution is 5.53. The number of nitrogens with zero attached hydrogens (tertiary/aromatic N) is 4. The highest BCUT2D eigenvalue weighted by Crippen LogP contribution is 2.24. The summed E-state index contributed by atoms with van der Waals surface area (Å²) in [5.74, 6) is 1.99. The van der Waals surface area contributed by atoms with E-state index in [4.69, 9.17) is 0 Å². The van der Waals surface area contributed by atoms with Gasteiger partial charge in [0.05, 0.1) is 0 Å². The van der Waals surface area contributed by atoms with Crippen LogP contribution < -0.4 is 10.2 Å². The van der Waals surface area contributed by atoms with Crippen LogP contribution in [0.3, 0.4) is 0 Å². The average Bonchev–Trinajstić information content (AvgIpc) is 2.95. The molecule has 0 aromatic carbocycles. The van der Waals surface area contributed by atoms with Gasteiger partial charge in [-0.15, -0.1) is 0 Å². The summed E-state index contributed by atoms with van der Waals surface area (Å²) in [6, 6.07) is 4.30. The van der Waals surface area contributed by atoms with E-state index in [9.17, 15) is 0 Å². The fraction of sp³-hybridized carbons (Fsp3) is 0.625. The zero-order valence-corrected chi connectivity index (χ0v) is 13.0. The normalized spacial score (nSPS) is 16.8. The molecule has 0 unspecified atom stereocenters. The summed E-state index contributed by atoms with van der Waals surface area (Å²) < 4.78 is 1.96. The third-order valence-electron chi connectivity index (χ3n) is 4.30. The van der Waals surface area contributed by atoms with E-state index in [1.807, 2.05) is 4.52 Å². The molecule has 1 aliphatic rings. The van der Waals surface area contributed by atoms with Crippen LogP contribution in [0.5, 0.6) is 0 Å². The van der Waals surface area contributed by atoms with Gasteiger partial charge in [0.2, 0.25) is 0 Å². The van der Waals surface area contributed by atoms with Crippen LogP contribution in [0, 0.1) is 12.8 Å². The van der Waals surface area contributed by atoms with E-state index in [1.165, 1.54) is 30.6 Å². The van der Waals surface area contributed by atoms with E-state index >= 15 is 0 Å². The van der Waals surface area contributed by atoms with E-state index in [1.54, 1.807) is 6.33 Å². The highest BCUT2D eigenvalue weighted by atomic mass is 15.4. The number of aryl methyl sites for hydroxylation is 1. The smallest absolute Gasteiger partial charge is 0.157 e. The van der Waals surface area contributed by atoms with Crippen molar-refractivity contribution >= 4 is 11.5 Å². The molecule has 0 aliphatic carbocycles. The first-order chi connectivity index (χ1) is 10.3. The topological polar surface area (TPSA) is 45.5 Å². The molecule has 2 aromatic rings. The second kappa shape index (κ2) is 6.43. The predicted molar refractivity (Wildman–Crippen MR) is 85.8 cm³/mol. The van der Waals surface area contributed by atoms with Crippen molar-refractivity contribution < 1.29 is 0 Å². The average molecular weight is 287 g/mol. The van der Waals surface area contributed by atoms with Gasteiger partial charge in [-0.25, -0.2) is 4.98 Å². The van der Waals surface area contributed by atoms with E-state index < -0.39 is 0 Å². The van der Waals surface area contributed by atoms with E-state index in [2.05, 4.69) is 46.3 Å². The second-order valence-corrected chi connectivity index (χ2v) is 6.06. The fourth-order valence-corrected chi connectivity index (χ4v) is 3.11. The summed E-state index contributed by atoms with van der Waals surface area (Å²) in [4.78, 5) is 6.76. The van der Waals surface area contributed by atoms with Crippen molar-refractivity contribution in [2.45, 2.75) is 33.1 Å². The molecule has 0 atom stereocenters. The lowest BCUT2D eigenvalue weighted by Crippen LogP contribution is -2.38. The Labute approximate surface area is 126 Å². The standard InChI is InChI=1S/C16H25N5/c1-3-6-17-11-14-4-7-20(8-5-14)16-10-13(2)9-15-18-12-19-21(15)16/h9-10,12,14,17H,3-8,11H2,1-2H3. The molecule has 5 nitrogen and oxygen atoms in total. The Balaban J connectivity index is 1.67. The minimum atomic E-state index is 0.809. The van der Waals surface area contributed by atoms with Gasteiger partial charge in [0, 0.05) is 13.1 Å². The van der Waals surface area contributed by atoms with Crippen LogP contribution in [0.4, 0.5) is 5.82 Å². The lowest BCUT2D eigenvalue weighted by Gasteiger charge is -2.33. The van der Waals surface area contributed by atoms with Gasteiger partial charge in [0.25, 0.3) is 0 Å². The van der Waals surface area contributed by atoms with Gasteiger partial charge < -0.3 is 10.2 Å². The van der Waals surface area contributed by atoms with Crippen molar-refractivity contribution in [1.82, 2.24) is 19.9 Å². The third kappa shape index (κ3) is 3.18. The number of hydrogen-bond acceptors (Lipinski definition) is 4. The molecule has 1 saturated heterocycles. The Morgan fingerprint density at radius 2 is 2.10 bits per heavy atom. The van der Waals surface area contributed by atoms with Crippen molar-refractivity contribution in [1.29, 1.82) is 0 Å². The number of aromatic nitrogens is 3. The summed E-state index contributed by atoms with van der Waals surface area (Å²) in [5, 5.41) is 7.91. The first-order valence-electron chi connectivity index (χ1n) is 8.04. The van der Waals surface area contributed by atoms with Crippen LogP contribution in [-0.4, -0.2) is 40.8 Å². The largest absolute Gasteiger partial charge is 0.356 e. The zero-order chi connectivity index (χ0) is 14.7. The van der Waals surface area contributed by atoms with E-state index in [-0.39, 0.29) is 0 Å². The van der Waals surface area contributed by atoms with Crippen LogP contribution in [0.2, 0.25) is 0 Å².